The van der Waals surface area contributed by atoms with Gasteiger partial charge in [0.05, 0.1) is 28.8 Å². The van der Waals surface area contributed by atoms with Gasteiger partial charge in [0.15, 0.2) is 6.10 Å². The first-order chi connectivity index (χ1) is 12.9. The summed E-state index contributed by atoms with van der Waals surface area (Å²) in [6.07, 6.45) is 1.26. The number of esters is 1. The Morgan fingerprint density at radius 1 is 1.19 bits per heavy atom. The lowest BCUT2D eigenvalue weighted by Crippen LogP contribution is -2.67. The first kappa shape index (κ1) is 18.6. The van der Waals surface area contributed by atoms with E-state index in [9.17, 15) is 19.8 Å². The Hall–Kier alpha value is -1.74. The van der Waals surface area contributed by atoms with E-state index in [1.54, 1.807) is 24.3 Å². The van der Waals surface area contributed by atoms with Crippen LogP contribution in [0.25, 0.3) is 0 Å². The zero-order chi connectivity index (χ0) is 19.1. The number of ether oxygens (including phenoxy) is 1. The van der Waals surface area contributed by atoms with E-state index in [4.69, 9.17) is 4.74 Å². The summed E-state index contributed by atoms with van der Waals surface area (Å²) in [6, 6.07) is 7.04. The average Bonchev–Trinajstić information content (AvgIpc) is 3.35. The lowest BCUT2D eigenvalue weighted by molar-refractivity contribution is -0.941. The van der Waals surface area contributed by atoms with Gasteiger partial charge < -0.3 is 24.2 Å². The number of piperidine rings is 3. The van der Waals surface area contributed by atoms with Gasteiger partial charge in [-0.3, -0.25) is 0 Å². The van der Waals surface area contributed by atoms with Crippen LogP contribution in [0.15, 0.2) is 35.0 Å². The normalized spacial score (nSPS) is 27.4. The fourth-order valence-corrected chi connectivity index (χ4v) is 6.08. The number of aliphatic carboxylic acids is 1. The molecule has 1 atom stereocenters. The summed E-state index contributed by atoms with van der Waals surface area (Å²) in [5, 5.41) is 26.2. The second kappa shape index (κ2) is 7.01. The Morgan fingerprint density at radius 2 is 1.78 bits per heavy atom. The number of carbonyl (C=O) groups excluding carboxylic acids is 2. The van der Waals surface area contributed by atoms with E-state index in [0.29, 0.717) is 20.8 Å². The number of nitrogens with zero attached hydrogens (tertiary/aromatic N) is 1. The zero-order valence-corrected chi connectivity index (χ0v) is 16.3. The summed E-state index contributed by atoms with van der Waals surface area (Å²) in [7, 11) is 0. The highest BCUT2D eigenvalue weighted by Crippen LogP contribution is 2.40. The van der Waals surface area contributed by atoms with E-state index in [2.05, 4.69) is 0 Å². The van der Waals surface area contributed by atoms with Crippen LogP contribution in [0.3, 0.4) is 0 Å². The van der Waals surface area contributed by atoms with Crippen molar-refractivity contribution in [2.24, 2.45) is 5.92 Å². The Kier molecular flexibility index (Phi) is 4.84. The Labute approximate surface area is 165 Å². The van der Waals surface area contributed by atoms with Gasteiger partial charge in [0, 0.05) is 18.8 Å². The van der Waals surface area contributed by atoms with Gasteiger partial charge in [-0.05, 0) is 22.9 Å². The smallest absolute Gasteiger partial charge is 0.349 e. The lowest BCUT2D eigenvalue weighted by Gasteiger charge is -2.52. The molecule has 2 aromatic heterocycles. The van der Waals surface area contributed by atoms with E-state index >= 15 is 0 Å². The quantitative estimate of drug-likeness (QED) is 0.569. The molecule has 1 N–H and O–H groups in total. The Morgan fingerprint density at radius 3 is 2.26 bits per heavy atom. The monoisotopic (exact) mass is 407 g/mol. The summed E-state index contributed by atoms with van der Waals surface area (Å²) < 4.78 is 6.24. The van der Waals surface area contributed by atoms with Crippen molar-refractivity contribution >= 4 is 34.6 Å². The van der Waals surface area contributed by atoms with Crippen molar-refractivity contribution in [3.8, 4) is 0 Å². The number of carboxylic acid groups (broad SMARTS) is 1. The van der Waals surface area contributed by atoms with Crippen LogP contribution in [0.2, 0.25) is 0 Å². The first-order valence-electron chi connectivity index (χ1n) is 8.99. The minimum absolute atomic E-state index is 0.0547. The van der Waals surface area contributed by atoms with Gasteiger partial charge in [-0.15, -0.1) is 22.7 Å². The van der Waals surface area contributed by atoms with Crippen molar-refractivity contribution in [3.05, 3.63) is 44.8 Å². The molecule has 144 valence electrons. The molecule has 0 saturated carbocycles. The SMILES string of the molecule is O=C([O-])C[N+]12CCC(CC1)C(OC(=O)C(O)(c1cccs1)c1cccs1)C2. The highest BCUT2D eigenvalue weighted by molar-refractivity contribution is 7.12. The summed E-state index contributed by atoms with van der Waals surface area (Å²) in [5.74, 6) is -1.54. The van der Waals surface area contributed by atoms with E-state index in [-0.39, 0.29) is 18.6 Å². The van der Waals surface area contributed by atoms with Gasteiger partial charge >= 0.3 is 5.97 Å². The fourth-order valence-electron chi connectivity index (χ4n) is 4.36. The van der Waals surface area contributed by atoms with Crippen LogP contribution < -0.4 is 5.11 Å². The molecule has 5 rings (SSSR count). The molecule has 0 radical (unpaired) electrons. The number of hydrogen-bond donors (Lipinski definition) is 1. The molecule has 0 amide bonds. The summed E-state index contributed by atoms with van der Waals surface area (Å²) >= 11 is 2.61. The topological polar surface area (TPSA) is 86.7 Å². The van der Waals surface area contributed by atoms with Crippen LogP contribution in [-0.2, 0) is 19.9 Å². The maximum Gasteiger partial charge on any atom is 0.349 e. The Balaban J connectivity index is 1.58. The number of fused-ring (bicyclic) bond motifs is 3. The number of thiophene rings is 2. The molecule has 2 bridgehead atoms. The van der Waals surface area contributed by atoms with Crippen molar-refractivity contribution in [2.75, 3.05) is 26.2 Å². The molecular formula is C19H21NO5S2. The lowest BCUT2D eigenvalue weighted by atomic mass is 9.83. The zero-order valence-electron chi connectivity index (χ0n) is 14.7. The predicted octanol–water partition coefficient (Wildman–Crippen LogP) is 0.948. The van der Waals surface area contributed by atoms with Crippen LogP contribution in [-0.4, -0.2) is 53.8 Å². The van der Waals surface area contributed by atoms with Crippen LogP contribution in [0.1, 0.15) is 22.6 Å². The van der Waals surface area contributed by atoms with E-state index < -0.39 is 17.5 Å². The highest BCUT2D eigenvalue weighted by atomic mass is 32.1. The van der Waals surface area contributed by atoms with Gasteiger partial charge in [-0.1, -0.05) is 12.1 Å². The molecule has 3 aliphatic heterocycles. The number of hydrogen-bond acceptors (Lipinski definition) is 7. The van der Waals surface area contributed by atoms with Gasteiger partial charge in [0.25, 0.3) is 0 Å². The molecule has 5 heterocycles. The number of aliphatic hydroxyl groups is 1. The molecule has 0 aromatic carbocycles. The number of carboxylic acids is 1. The van der Waals surface area contributed by atoms with Crippen LogP contribution in [0.5, 0.6) is 0 Å². The fraction of sp³-hybridized carbons (Fsp3) is 0.474. The second-order valence-electron chi connectivity index (χ2n) is 7.45. The van der Waals surface area contributed by atoms with E-state index in [0.717, 1.165) is 25.9 Å². The third-order valence-electron chi connectivity index (χ3n) is 5.82. The number of carbonyl (C=O) groups is 2. The Bertz CT molecular complexity index is 775. The molecule has 27 heavy (non-hydrogen) atoms. The van der Waals surface area contributed by atoms with Crippen molar-refractivity contribution in [1.82, 2.24) is 0 Å². The van der Waals surface area contributed by atoms with Crippen molar-refractivity contribution in [2.45, 2.75) is 24.5 Å². The second-order valence-corrected chi connectivity index (χ2v) is 9.34. The van der Waals surface area contributed by atoms with Crippen molar-refractivity contribution in [1.29, 1.82) is 0 Å². The molecule has 0 aliphatic carbocycles. The largest absolute Gasteiger partial charge is 0.544 e. The minimum Gasteiger partial charge on any atom is -0.544 e. The van der Waals surface area contributed by atoms with Gasteiger partial charge in [0.1, 0.15) is 13.1 Å². The molecule has 0 spiro atoms. The third-order valence-corrected chi connectivity index (χ3v) is 7.77. The molecule has 8 heteroatoms. The van der Waals surface area contributed by atoms with Crippen LogP contribution in [0, 0.1) is 5.92 Å². The van der Waals surface area contributed by atoms with Crippen LogP contribution in [0.4, 0.5) is 0 Å². The molecule has 3 fully saturated rings. The van der Waals surface area contributed by atoms with Gasteiger partial charge in [-0.25, -0.2) is 4.79 Å². The molecular weight excluding hydrogens is 386 g/mol. The maximum absolute atomic E-state index is 13.1. The number of quaternary nitrogens is 1. The molecule has 2 aromatic rings. The van der Waals surface area contributed by atoms with Crippen molar-refractivity contribution in [3.63, 3.8) is 0 Å². The summed E-state index contributed by atoms with van der Waals surface area (Å²) in [4.78, 5) is 25.4. The molecule has 3 saturated heterocycles. The first-order valence-corrected chi connectivity index (χ1v) is 10.8. The standard InChI is InChI=1S/C19H21NO5S2/c21-17(22)12-20-7-5-13(6-8-20)14(11-20)25-18(23)19(24,15-3-1-9-26-15)16-4-2-10-27-16/h1-4,9-10,13-14,24H,5-8,11-12H2. The van der Waals surface area contributed by atoms with Crippen molar-refractivity contribution < 1.29 is 29.0 Å². The van der Waals surface area contributed by atoms with E-state index in [1.807, 2.05) is 10.8 Å². The van der Waals surface area contributed by atoms with Gasteiger partial charge in [0.2, 0.25) is 5.60 Å². The summed E-state index contributed by atoms with van der Waals surface area (Å²) in [5.41, 5.74) is -1.83. The molecule has 1 unspecified atom stereocenters. The summed E-state index contributed by atoms with van der Waals surface area (Å²) in [6.45, 7) is 1.95. The number of rotatable bonds is 6. The minimum atomic E-state index is -1.83. The molecule has 6 nitrogen and oxygen atoms in total. The van der Waals surface area contributed by atoms with E-state index in [1.165, 1.54) is 22.7 Å². The highest BCUT2D eigenvalue weighted by Gasteiger charge is 2.51. The third kappa shape index (κ3) is 3.31. The maximum atomic E-state index is 13.1. The predicted molar refractivity (Wildman–Crippen MR) is 99.0 cm³/mol. The van der Waals surface area contributed by atoms with Crippen LogP contribution >= 0.6 is 22.7 Å². The molecule has 3 aliphatic rings. The average molecular weight is 408 g/mol. The van der Waals surface area contributed by atoms with Gasteiger partial charge in [-0.2, -0.15) is 0 Å².